The number of hydrogen-bond acceptors (Lipinski definition) is 2. The number of likely N-dealkylation sites (tertiary alicyclic amines) is 1. The first-order valence-electron chi connectivity index (χ1n) is 10.1. The van der Waals surface area contributed by atoms with Crippen LogP contribution >= 0.6 is 0 Å². The zero-order chi connectivity index (χ0) is 16.1. The van der Waals surface area contributed by atoms with E-state index in [1.54, 1.807) is 0 Å². The maximum atomic E-state index is 12.8. The zero-order valence-electron chi connectivity index (χ0n) is 14.7. The lowest BCUT2D eigenvalue weighted by Crippen LogP contribution is -3.14. The summed E-state index contributed by atoms with van der Waals surface area (Å²) < 4.78 is 0. The average molecular weight is 320 g/mol. The lowest BCUT2D eigenvalue weighted by molar-refractivity contribution is -0.899. The number of quaternary nitrogens is 1. The molecule has 2 saturated carbocycles. The zero-order valence-corrected chi connectivity index (χ0v) is 14.7. The van der Waals surface area contributed by atoms with E-state index >= 15 is 0 Å². The predicted octanol–water partition coefficient (Wildman–Crippen LogP) is 2.58. The Morgan fingerprint density at radius 1 is 0.696 bits per heavy atom. The number of rotatable bonds is 5. The maximum absolute atomic E-state index is 12.8. The first kappa shape index (κ1) is 17.1. The van der Waals surface area contributed by atoms with Crippen LogP contribution in [0.25, 0.3) is 0 Å². The predicted molar refractivity (Wildman–Crippen MR) is 91.5 cm³/mol. The number of carbonyl (C=O) groups excluding carboxylic acids is 2. The van der Waals surface area contributed by atoms with Crippen LogP contribution in [0.3, 0.4) is 0 Å². The van der Waals surface area contributed by atoms with E-state index in [0.29, 0.717) is 29.9 Å². The molecule has 3 nitrogen and oxygen atoms in total. The molecule has 3 fully saturated rings. The number of hydrogen-bond donors (Lipinski definition) is 1. The second-order valence-corrected chi connectivity index (χ2v) is 8.26. The minimum absolute atomic E-state index is 0.237. The Labute approximate surface area is 141 Å². The van der Waals surface area contributed by atoms with Crippen molar-refractivity contribution in [2.75, 3.05) is 19.6 Å². The number of carbonyl (C=O) groups is 2. The van der Waals surface area contributed by atoms with Gasteiger partial charge in [-0.25, -0.2) is 0 Å². The van der Waals surface area contributed by atoms with Crippen molar-refractivity contribution in [2.24, 2.45) is 17.8 Å². The van der Waals surface area contributed by atoms with Crippen LogP contribution in [-0.4, -0.2) is 31.2 Å². The summed E-state index contributed by atoms with van der Waals surface area (Å²) in [5, 5.41) is 0. The highest BCUT2D eigenvalue weighted by Gasteiger charge is 2.35. The summed E-state index contributed by atoms with van der Waals surface area (Å²) in [5.74, 6) is 1.91. The molecule has 1 N–H and O–H groups in total. The van der Waals surface area contributed by atoms with E-state index in [1.807, 2.05) is 0 Å². The Morgan fingerprint density at radius 2 is 1.26 bits per heavy atom. The van der Waals surface area contributed by atoms with Crippen LogP contribution < -0.4 is 4.90 Å². The molecule has 3 heteroatoms. The van der Waals surface area contributed by atoms with E-state index in [9.17, 15) is 9.59 Å². The van der Waals surface area contributed by atoms with Gasteiger partial charge >= 0.3 is 0 Å². The van der Waals surface area contributed by atoms with Crippen LogP contribution in [0.4, 0.5) is 0 Å². The van der Waals surface area contributed by atoms with Gasteiger partial charge in [0.1, 0.15) is 12.3 Å². The molecular weight excluding hydrogens is 286 g/mol. The summed E-state index contributed by atoms with van der Waals surface area (Å²) >= 11 is 0. The molecule has 0 aromatic carbocycles. The fraction of sp³-hybridized carbons (Fsp3) is 0.900. The monoisotopic (exact) mass is 320 g/mol. The van der Waals surface area contributed by atoms with Gasteiger partial charge in [-0.05, 0) is 38.5 Å². The highest BCUT2D eigenvalue weighted by Crippen LogP contribution is 2.28. The molecule has 2 atom stereocenters. The number of Topliss-reactive ketones (excluding diaryl/α,β-unsaturated/α-hetero) is 2. The fourth-order valence-corrected chi connectivity index (χ4v) is 5.09. The lowest BCUT2D eigenvalue weighted by Gasteiger charge is -2.32. The second-order valence-electron chi connectivity index (χ2n) is 8.26. The van der Waals surface area contributed by atoms with Crippen LogP contribution in [0.15, 0.2) is 0 Å². The van der Waals surface area contributed by atoms with E-state index in [0.717, 1.165) is 51.6 Å². The molecule has 1 heterocycles. The number of piperidine rings is 1. The largest absolute Gasteiger partial charge is 0.328 e. The SMILES string of the molecule is O=C(C[NH+]1CCCC(C(=O)C2CCCCC2)C1)C1CCCCC1. The fourth-order valence-electron chi connectivity index (χ4n) is 5.09. The maximum Gasteiger partial charge on any atom is 0.189 e. The van der Waals surface area contributed by atoms with Gasteiger partial charge in [-0.3, -0.25) is 9.59 Å². The number of nitrogens with one attached hydrogen (secondary N) is 1. The van der Waals surface area contributed by atoms with Crippen molar-refractivity contribution in [1.29, 1.82) is 0 Å². The molecule has 0 bridgehead atoms. The van der Waals surface area contributed by atoms with Gasteiger partial charge in [-0.1, -0.05) is 38.5 Å². The third-order valence-electron chi connectivity index (χ3n) is 6.51. The van der Waals surface area contributed by atoms with E-state index in [-0.39, 0.29) is 5.92 Å². The average Bonchev–Trinajstić information content (AvgIpc) is 2.63. The van der Waals surface area contributed by atoms with E-state index in [2.05, 4.69) is 0 Å². The van der Waals surface area contributed by atoms with E-state index < -0.39 is 0 Å². The summed E-state index contributed by atoms with van der Waals surface area (Å²) in [7, 11) is 0. The van der Waals surface area contributed by atoms with Crippen molar-refractivity contribution >= 4 is 11.6 Å². The standard InChI is InChI=1S/C20H33NO2/c22-19(16-8-3-1-4-9-16)15-21-13-7-12-18(14-21)20(23)17-10-5-2-6-11-17/h16-18H,1-15H2/p+1. The highest BCUT2D eigenvalue weighted by atomic mass is 16.1. The summed E-state index contributed by atoms with van der Waals surface area (Å²) in [6, 6.07) is 0. The Balaban J connectivity index is 1.49. The Kier molecular flexibility index (Phi) is 6.27. The first-order chi connectivity index (χ1) is 11.2. The molecular formula is C20H34NO2+. The van der Waals surface area contributed by atoms with Crippen LogP contribution in [0, 0.1) is 17.8 Å². The van der Waals surface area contributed by atoms with Gasteiger partial charge < -0.3 is 4.90 Å². The molecule has 1 aliphatic heterocycles. The second kappa shape index (κ2) is 8.41. The summed E-state index contributed by atoms with van der Waals surface area (Å²) in [4.78, 5) is 26.7. The van der Waals surface area contributed by atoms with Gasteiger partial charge in [0.15, 0.2) is 5.78 Å². The van der Waals surface area contributed by atoms with Crippen LogP contribution in [0.2, 0.25) is 0 Å². The van der Waals surface area contributed by atoms with Gasteiger partial charge in [0.2, 0.25) is 0 Å². The lowest BCUT2D eigenvalue weighted by atomic mass is 9.79. The molecule has 130 valence electrons. The molecule has 2 unspecified atom stereocenters. The van der Waals surface area contributed by atoms with Crippen LogP contribution in [0.5, 0.6) is 0 Å². The minimum atomic E-state index is 0.237. The van der Waals surface area contributed by atoms with Gasteiger partial charge in [0, 0.05) is 11.8 Å². The normalized spacial score (nSPS) is 31.0. The summed E-state index contributed by atoms with van der Waals surface area (Å²) in [6.45, 7) is 2.69. The summed E-state index contributed by atoms with van der Waals surface area (Å²) in [5.41, 5.74) is 0. The van der Waals surface area contributed by atoms with Gasteiger partial charge in [-0.15, -0.1) is 0 Å². The topological polar surface area (TPSA) is 38.6 Å². The van der Waals surface area contributed by atoms with Crippen molar-refractivity contribution in [3.05, 3.63) is 0 Å². The van der Waals surface area contributed by atoms with Crippen molar-refractivity contribution in [3.8, 4) is 0 Å². The van der Waals surface area contributed by atoms with Crippen molar-refractivity contribution in [2.45, 2.75) is 77.0 Å². The molecule has 2 aliphatic carbocycles. The van der Waals surface area contributed by atoms with E-state index in [1.165, 1.54) is 43.4 Å². The molecule has 0 aromatic rings. The molecule has 0 spiro atoms. The Morgan fingerprint density at radius 3 is 1.91 bits per heavy atom. The van der Waals surface area contributed by atoms with Gasteiger partial charge in [-0.2, -0.15) is 0 Å². The molecule has 0 radical (unpaired) electrons. The van der Waals surface area contributed by atoms with Gasteiger partial charge in [0.05, 0.1) is 19.0 Å². The molecule has 0 aromatic heterocycles. The highest BCUT2D eigenvalue weighted by molar-refractivity contribution is 5.84. The van der Waals surface area contributed by atoms with Crippen LogP contribution in [-0.2, 0) is 9.59 Å². The number of ketones is 2. The summed E-state index contributed by atoms with van der Waals surface area (Å²) in [6.07, 6.45) is 14.2. The van der Waals surface area contributed by atoms with Crippen molar-refractivity contribution < 1.29 is 14.5 Å². The molecule has 23 heavy (non-hydrogen) atoms. The first-order valence-corrected chi connectivity index (χ1v) is 10.1. The quantitative estimate of drug-likeness (QED) is 0.845. The van der Waals surface area contributed by atoms with Crippen LogP contribution in [0.1, 0.15) is 77.0 Å². The van der Waals surface area contributed by atoms with Gasteiger partial charge in [0.25, 0.3) is 0 Å². The smallest absolute Gasteiger partial charge is 0.189 e. The minimum Gasteiger partial charge on any atom is -0.328 e. The third kappa shape index (κ3) is 4.65. The Hall–Kier alpha value is -0.700. The molecule has 3 aliphatic rings. The van der Waals surface area contributed by atoms with E-state index in [4.69, 9.17) is 0 Å². The molecule has 0 amide bonds. The Bertz CT molecular complexity index is 408. The molecule has 3 rings (SSSR count). The molecule has 1 saturated heterocycles. The van der Waals surface area contributed by atoms with Crippen molar-refractivity contribution in [3.63, 3.8) is 0 Å². The van der Waals surface area contributed by atoms with Crippen molar-refractivity contribution in [1.82, 2.24) is 0 Å². The third-order valence-corrected chi connectivity index (χ3v) is 6.51.